The number of anilines is 1. The summed E-state index contributed by atoms with van der Waals surface area (Å²) in [7, 11) is 0. The van der Waals surface area contributed by atoms with E-state index in [2.05, 4.69) is 4.90 Å². The Morgan fingerprint density at radius 1 is 1.14 bits per heavy atom. The summed E-state index contributed by atoms with van der Waals surface area (Å²) in [4.78, 5) is 4.26. The van der Waals surface area contributed by atoms with Crippen molar-refractivity contribution in [3.05, 3.63) is 29.3 Å². The van der Waals surface area contributed by atoms with Crippen LogP contribution in [0.5, 0.6) is 0 Å². The molecule has 0 amide bonds. The molecule has 1 atom stereocenters. The van der Waals surface area contributed by atoms with Crippen molar-refractivity contribution in [3.63, 3.8) is 0 Å². The average Bonchev–Trinajstić information content (AvgIpc) is 2.46. The van der Waals surface area contributed by atoms with Gasteiger partial charge < -0.3 is 10.6 Å². The van der Waals surface area contributed by atoms with Crippen LogP contribution < -0.4 is 10.6 Å². The molecule has 21 heavy (non-hydrogen) atoms. The SMILES string of the molecule is NC(=S)c1cc(F)c(N2CCN3CCCCC3C2)c(F)c1. The van der Waals surface area contributed by atoms with Crippen molar-refractivity contribution in [1.29, 1.82) is 0 Å². The average molecular weight is 311 g/mol. The molecule has 2 fully saturated rings. The Morgan fingerprint density at radius 3 is 2.52 bits per heavy atom. The van der Waals surface area contributed by atoms with Gasteiger partial charge in [-0.05, 0) is 31.5 Å². The number of benzene rings is 1. The fraction of sp³-hybridized carbons (Fsp3) is 0.533. The van der Waals surface area contributed by atoms with Gasteiger partial charge in [-0.3, -0.25) is 4.90 Å². The lowest BCUT2D eigenvalue weighted by Gasteiger charge is -2.45. The van der Waals surface area contributed by atoms with Crippen molar-refractivity contribution in [1.82, 2.24) is 4.90 Å². The number of piperazine rings is 1. The first kappa shape index (κ1) is 14.7. The van der Waals surface area contributed by atoms with Gasteiger partial charge in [-0.2, -0.15) is 0 Å². The third-order valence-corrected chi connectivity index (χ3v) is 4.69. The number of nitrogens with two attached hydrogens (primary N) is 1. The third kappa shape index (κ3) is 2.87. The smallest absolute Gasteiger partial charge is 0.150 e. The zero-order valence-electron chi connectivity index (χ0n) is 11.8. The van der Waals surface area contributed by atoms with Crippen LogP contribution in [0.3, 0.4) is 0 Å². The predicted molar refractivity (Wildman–Crippen MR) is 83.7 cm³/mol. The molecule has 0 aliphatic carbocycles. The van der Waals surface area contributed by atoms with Crippen LogP contribution in [-0.4, -0.2) is 42.1 Å². The van der Waals surface area contributed by atoms with Crippen LogP contribution in [0.25, 0.3) is 0 Å². The molecular formula is C15H19F2N3S. The van der Waals surface area contributed by atoms with Gasteiger partial charge in [0.15, 0.2) is 0 Å². The van der Waals surface area contributed by atoms with E-state index in [9.17, 15) is 8.78 Å². The van der Waals surface area contributed by atoms with Gasteiger partial charge in [-0.25, -0.2) is 8.78 Å². The van der Waals surface area contributed by atoms with Crippen LogP contribution in [0, 0.1) is 11.6 Å². The van der Waals surface area contributed by atoms with Crippen molar-refractivity contribution in [2.24, 2.45) is 5.73 Å². The Kier molecular flexibility index (Phi) is 4.08. The molecule has 2 saturated heterocycles. The molecule has 0 saturated carbocycles. The monoisotopic (exact) mass is 311 g/mol. The standard InChI is InChI=1S/C15H19F2N3S/c16-12-7-10(15(18)21)8-13(17)14(12)20-6-5-19-4-2-1-3-11(19)9-20/h7-8,11H,1-6,9H2,(H2,18,21). The fourth-order valence-electron chi connectivity index (χ4n) is 3.37. The second-order valence-corrected chi connectivity index (χ2v) is 6.22. The molecule has 1 aromatic carbocycles. The largest absolute Gasteiger partial charge is 0.389 e. The molecule has 3 nitrogen and oxygen atoms in total. The van der Waals surface area contributed by atoms with E-state index in [0.29, 0.717) is 19.1 Å². The molecule has 0 radical (unpaired) electrons. The van der Waals surface area contributed by atoms with Gasteiger partial charge in [-0.1, -0.05) is 18.6 Å². The molecule has 1 unspecified atom stereocenters. The molecule has 3 rings (SSSR count). The lowest BCUT2D eigenvalue weighted by Crippen LogP contribution is -2.55. The minimum Gasteiger partial charge on any atom is -0.389 e. The number of thiocarbonyl (C=S) groups is 1. The van der Waals surface area contributed by atoms with Crippen LogP contribution >= 0.6 is 12.2 Å². The minimum atomic E-state index is -0.581. The second kappa shape index (κ2) is 5.85. The number of hydrogen-bond acceptors (Lipinski definition) is 3. The van der Waals surface area contributed by atoms with Gasteiger partial charge >= 0.3 is 0 Å². The van der Waals surface area contributed by atoms with E-state index < -0.39 is 11.6 Å². The first-order chi connectivity index (χ1) is 10.1. The van der Waals surface area contributed by atoms with E-state index in [-0.39, 0.29) is 16.2 Å². The lowest BCUT2D eigenvalue weighted by atomic mass is 9.99. The molecule has 114 valence electrons. The predicted octanol–water partition coefficient (Wildman–Crippen LogP) is 2.27. The highest BCUT2D eigenvalue weighted by Gasteiger charge is 2.31. The highest BCUT2D eigenvalue weighted by molar-refractivity contribution is 7.80. The van der Waals surface area contributed by atoms with Crippen molar-refractivity contribution in [2.45, 2.75) is 25.3 Å². The lowest BCUT2D eigenvalue weighted by molar-refractivity contribution is 0.133. The molecule has 6 heteroatoms. The summed E-state index contributed by atoms with van der Waals surface area (Å²) in [6.07, 6.45) is 3.52. The van der Waals surface area contributed by atoms with E-state index in [1.807, 2.05) is 4.90 Å². The zero-order chi connectivity index (χ0) is 15.0. The van der Waals surface area contributed by atoms with Gasteiger partial charge in [0.1, 0.15) is 22.3 Å². The maximum absolute atomic E-state index is 14.3. The molecule has 1 aromatic rings. The van der Waals surface area contributed by atoms with Gasteiger partial charge in [0, 0.05) is 31.2 Å². The Bertz CT molecular complexity index is 541. The third-order valence-electron chi connectivity index (χ3n) is 4.45. The van der Waals surface area contributed by atoms with Crippen molar-refractivity contribution in [3.8, 4) is 0 Å². The molecule has 2 heterocycles. The van der Waals surface area contributed by atoms with Crippen LogP contribution in [0.15, 0.2) is 12.1 Å². The summed E-state index contributed by atoms with van der Waals surface area (Å²) < 4.78 is 28.5. The summed E-state index contributed by atoms with van der Waals surface area (Å²) in [6, 6.07) is 2.86. The second-order valence-electron chi connectivity index (χ2n) is 5.78. The highest BCUT2D eigenvalue weighted by Crippen LogP contribution is 2.29. The first-order valence-electron chi connectivity index (χ1n) is 7.34. The number of rotatable bonds is 2. The van der Waals surface area contributed by atoms with Crippen LogP contribution in [-0.2, 0) is 0 Å². The van der Waals surface area contributed by atoms with E-state index in [1.54, 1.807) is 0 Å². The first-order valence-corrected chi connectivity index (χ1v) is 7.75. The van der Waals surface area contributed by atoms with Gasteiger partial charge in [-0.15, -0.1) is 0 Å². The molecule has 0 spiro atoms. The van der Waals surface area contributed by atoms with E-state index in [1.165, 1.54) is 25.0 Å². The summed E-state index contributed by atoms with van der Waals surface area (Å²) in [5.41, 5.74) is 5.74. The highest BCUT2D eigenvalue weighted by atomic mass is 32.1. The Morgan fingerprint density at radius 2 is 1.86 bits per heavy atom. The van der Waals surface area contributed by atoms with Crippen molar-refractivity contribution < 1.29 is 8.78 Å². The number of halogens is 2. The quantitative estimate of drug-likeness (QED) is 0.849. The van der Waals surface area contributed by atoms with Crippen molar-refractivity contribution in [2.75, 3.05) is 31.1 Å². The maximum Gasteiger partial charge on any atom is 0.150 e. The van der Waals surface area contributed by atoms with Crippen LogP contribution in [0.2, 0.25) is 0 Å². The number of hydrogen-bond donors (Lipinski definition) is 1. The maximum atomic E-state index is 14.3. The van der Waals surface area contributed by atoms with Gasteiger partial charge in [0.05, 0.1) is 0 Å². The fourth-order valence-corrected chi connectivity index (χ4v) is 3.49. The zero-order valence-corrected chi connectivity index (χ0v) is 12.6. The Hall–Kier alpha value is -1.27. The molecular weight excluding hydrogens is 292 g/mol. The molecule has 2 aliphatic heterocycles. The summed E-state index contributed by atoms with van der Waals surface area (Å²) in [5, 5.41) is 0. The van der Waals surface area contributed by atoms with Gasteiger partial charge in [0.25, 0.3) is 0 Å². The molecule has 2 N–H and O–H groups in total. The Labute approximate surface area is 128 Å². The van der Waals surface area contributed by atoms with E-state index >= 15 is 0 Å². The summed E-state index contributed by atoms with van der Waals surface area (Å²) in [5.74, 6) is -1.16. The van der Waals surface area contributed by atoms with Crippen LogP contribution in [0.4, 0.5) is 14.5 Å². The van der Waals surface area contributed by atoms with E-state index in [0.717, 1.165) is 19.5 Å². The number of fused-ring (bicyclic) bond motifs is 1. The van der Waals surface area contributed by atoms with Crippen molar-refractivity contribution >= 4 is 22.9 Å². The van der Waals surface area contributed by atoms with E-state index in [4.69, 9.17) is 18.0 Å². The Balaban J connectivity index is 1.85. The van der Waals surface area contributed by atoms with Gasteiger partial charge in [0.2, 0.25) is 0 Å². The normalized spacial score (nSPS) is 23.0. The minimum absolute atomic E-state index is 0.0106. The summed E-state index contributed by atoms with van der Waals surface area (Å²) >= 11 is 4.78. The molecule has 2 aliphatic rings. The van der Waals surface area contributed by atoms with Crippen LogP contribution in [0.1, 0.15) is 24.8 Å². The molecule has 0 aromatic heterocycles. The number of nitrogens with zero attached hydrogens (tertiary/aromatic N) is 2. The number of piperidine rings is 1. The summed E-state index contributed by atoms with van der Waals surface area (Å²) in [6.45, 7) is 3.29. The molecule has 0 bridgehead atoms. The topological polar surface area (TPSA) is 32.5 Å².